The van der Waals surface area contributed by atoms with Crippen molar-refractivity contribution in [3.05, 3.63) is 92.7 Å². The first kappa shape index (κ1) is 19.8. The van der Waals surface area contributed by atoms with Crippen LogP contribution in [0.15, 0.2) is 76.7 Å². The van der Waals surface area contributed by atoms with Crippen molar-refractivity contribution in [2.45, 2.75) is 10.9 Å². The molecule has 0 saturated heterocycles. The Balaban J connectivity index is 1.81. The van der Waals surface area contributed by atoms with Gasteiger partial charge < -0.3 is 4.74 Å². The molecule has 0 fully saturated rings. The van der Waals surface area contributed by atoms with Crippen molar-refractivity contribution >= 4 is 45.9 Å². The summed E-state index contributed by atoms with van der Waals surface area (Å²) in [6.45, 7) is 0. The van der Waals surface area contributed by atoms with Crippen LogP contribution in [0.2, 0.25) is 10.0 Å². The van der Waals surface area contributed by atoms with Crippen molar-refractivity contribution in [3.63, 3.8) is 0 Å². The lowest BCUT2D eigenvalue weighted by molar-refractivity contribution is 0.414. The van der Waals surface area contributed by atoms with E-state index in [2.05, 4.69) is 0 Å². The Bertz CT molecular complexity index is 1240. The second-order valence-electron chi connectivity index (χ2n) is 6.28. The molecule has 0 atom stereocenters. The molecule has 4 aromatic rings. The molecule has 0 aliphatic carbocycles. The van der Waals surface area contributed by atoms with E-state index in [0.717, 1.165) is 11.3 Å². The highest BCUT2D eigenvalue weighted by Gasteiger charge is 2.16. The molecule has 0 aliphatic heterocycles. The van der Waals surface area contributed by atoms with Gasteiger partial charge in [0.25, 0.3) is 5.56 Å². The van der Waals surface area contributed by atoms with Crippen molar-refractivity contribution in [3.8, 4) is 11.4 Å². The van der Waals surface area contributed by atoms with E-state index in [0.29, 0.717) is 37.5 Å². The summed E-state index contributed by atoms with van der Waals surface area (Å²) in [6, 6.07) is 20.2. The van der Waals surface area contributed by atoms with E-state index < -0.39 is 0 Å². The van der Waals surface area contributed by atoms with Crippen LogP contribution in [-0.2, 0) is 5.75 Å². The number of halogens is 2. The molecule has 0 N–H and O–H groups in total. The molecule has 0 aliphatic rings. The van der Waals surface area contributed by atoms with Crippen LogP contribution in [0, 0.1) is 0 Å². The molecule has 0 unspecified atom stereocenters. The minimum atomic E-state index is -0.169. The Morgan fingerprint density at radius 3 is 2.52 bits per heavy atom. The van der Waals surface area contributed by atoms with E-state index in [9.17, 15) is 4.79 Å². The first-order valence-corrected chi connectivity index (χ1v) is 10.5. The number of fused-ring (bicyclic) bond motifs is 1. The van der Waals surface area contributed by atoms with Crippen molar-refractivity contribution in [1.82, 2.24) is 9.55 Å². The molecule has 1 aromatic heterocycles. The van der Waals surface area contributed by atoms with Gasteiger partial charge in [-0.3, -0.25) is 9.36 Å². The van der Waals surface area contributed by atoms with Gasteiger partial charge >= 0.3 is 0 Å². The van der Waals surface area contributed by atoms with Crippen LogP contribution in [-0.4, -0.2) is 16.7 Å². The van der Waals surface area contributed by atoms with E-state index in [-0.39, 0.29) is 5.56 Å². The molecule has 0 amide bonds. The topological polar surface area (TPSA) is 44.1 Å². The number of rotatable bonds is 5. The summed E-state index contributed by atoms with van der Waals surface area (Å²) < 4.78 is 6.76. The molecule has 4 rings (SSSR count). The lowest BCUT2D eigenvalue weighted by Gasteiger charge is -2.14. The first-order chi connectivity index (χ1) is 14.1. The Hall–Kier alpha value is -2.47. The summed E-state index contributed by atoms with van der Waals surface area (Å²) in [5, 5.41) is 2.00. The summed E-state index contributed by atoms with van der Waals surface area (Å²) in [6.07, 6.45) is 0. The number of hydrogen-bond acceptors (Lipinski definition) is 4. The minimum Gasteiger partial charge on any atom is -0.497 e. The summed E-state index contributed by atoms with van der Waals surface area (Å²) in [4.78, 5) is 18.0. The second-order valence-corrected chi connectivity index (χ2v) is 8.07. The molecule has 3 aromatic carbocycles. The molecule has 1 heterocycles. The van der Waals surface area contributed by atoms with Crippen LogP contribution >= 0.6 is 35.0 Å². The Morgan fingerprint density at radius 1 is 1.03 bits per heavy atom. The Morgan fingerprint density at radius 2 is 1.79 bits per heavy atom. The van der Waals surface area contributed by atoms with Crippen LogP contribution in [0.4, 0.5) is 0 Å². The molecule has 146 valence electrons. The van der Waals surface area contributed by atoms with Crippen LogP contribution in [0.5, 0.6) is 5.75 Å². The van der Waals surface area contributed by atoms with E-state index in [1.165, 1.54) is 11.8 Å². The zero-order chi connectivity index (χ0) is 20.4. The zero-order valence-electron chi connectivity index (χ0n) is 15.4. The molecular weight excluding hydrogens is 427 g/mol. The monoisotopic (exact) mass is 442 g/mol. The first-order valence-electron chi connectivity index (χ1n) is 8.80. The fraction of sp³-hybridized carbons (Fsp3) is 0.0909. The van der Waals surface area contributed by atoms with Gasteiger partial charge in [-0.1, -0.05) is 59.2 Å². The van der Waals surface area contributed by atoms with E-state index in [1.807, 2.05) is 42.5 Å². The fourth-order valence-corrected chi connectivity index (χ4v) is 4.41. The SMILES string of the molecule is COc1ccc(CSc2nc3ccccc3c(=O)n2-c2ccc(Cl)cc2Cl)cc1. The maximum absolute atomic E-state index is 13.3. The standard InChI is InChI=1S/C22H16Cl2N2O2S/c1-28-16-9-6-14(7-10-16)13-29-22-25-19-5-3-2-4-17(19)21(27)26(22)20-11-8-15(23)12-18(20)24/h2-12H,13H2,1H3. The summed E-state index contributed by atoms with van der Waals surface area (Å²) in [5.41, 5.74) is 2.12. The second kappa shape index (κ2) is 8.49. The molecule has 0 spiro atoms. The maximum atomic E-state index is 13.3. The number of benzene rings is 3. The van der Waals surface area contributed by atoms with Gasteiger partial charge in [0, 0.05) is 10.8 Å². The highest BCUT2D eigenvalue weighted by Crippen LogP contribution is 2.29. The lowest BCUT2D eigenvalue weighted by atomic mass is 10.2. The van der Waals surface area contributed by atoms with E-state index >= 15 is 0 Å². The number of thioether (sulfide) groups is 1. The van der Waals surface area contributed by atoms with Gasteiger partial charge in [0.1, 0.15) is 5.75 Å². The van der Waals surface area contributed by atoms with Gasteiger partial charge in [0.15, 0.2) is 5.16 Å². The lowest BCUT2D eigenvalue weighted by Crippen LogP contribution is -2.22. The normalized spacial score (nSPS) is 11.0. The van der Waals surface area contributed by atoms with E-state index in [1.54, 1.807) is 35.9 Å². The van der Waals surface area contributed by atoms with Crippen LogP contribution in [0.25, 0.3) is 16.6 Å². The predicted octanol–water partition coefficient (Wildman–Crippen LogP) is 5.99. The van der Waals surface area contributed by atoms with E-state index in [4.69, 9.17) is 32.9 Å². The largest absolute Gasteiger partial charge is 0.497 e. The average Bonchev–Trinajstić information content (AvgIpc) is 2.73. The highest BCUT2D eigenvalue weighted by atomic mass is 35.5. The molecule has 7 heteroatoms. The number of ether oxygens (including phenoxy) is 1. The number of para-hydroxylation sites is 1. The van der Waals surface area contributed by atoms with Crippen LogP contribution in [0.1, 0.15) is 5.56 Å². The third-order valence-corrected chi connectivity index (χ3v) is 5.97. The van der Waals surface area contributed by atoms with Crippen molar-refractivity contribution < 1.29 is 4.74 Å². The van der Waals surface area contributed by atoms with Crippen molar-refractivity contribution in [2.75, 3.05) is 7.11 Å². The van der Waals surface area contributed by atoms with Crippen molar-refractivity contribution in [1.29, 1.82) is 0 Å². The number of aromatic nitrogens is 2. The van der Waals surface area contributed by atoms with Crippen molar-refractivity contribution in [2.24, 2.45) is 0 Å². The average molecular weight is 443 g/mol. The van der Waals surface area contributed by atoms with Gasteiger partial charge in [0.05, 0.1) is 28.7 Å². The van der Waals surface area contributed by atoms with Gasteiger partial charge in [-0.25, -0.2) is 4.98 Å². The molecule has 0 bridgehead atoms. The van der Waals surface area contributed by atoms with Gasteiger partial charge in [-0.2, -0.15) is 0 Å². The highest BCUT2D eigenvalue weighted by molar-refractivity contribution is 7.98. The molecular formula is C22H16Cl2N2O2S. The predicted molar refractivity (Wildman–Crippen MR) is 120 cm³/mol. The minimum absolute atomic E-state index is 0.169. The van der Waals surface area contributed by atoms with Gasteiger partial charge in [0.2, 0.25) is 0 Å². The quantitative estimate of drug-likeness (QED) is 0.281. The van der Waals surface area contributed by atoms with Gasteiger partial charge in [-0.15, -0.1) is 0 Å². The summed E-state index contributed by atoms with van der Waals surface area (Å²) in [7, 11) is 1.64. The maximum Gasteiger partial charge on any atom is 0.266 e. The molecule has 29 heavy (non-hydrogen) atoms. The smallest absolute Gasteiger partial charge is 0.266 e. The molecule has 0 radical (unpaired) electrons. The molecule has 0 saturated carbocycles. The Kier molecular flexibility index (Phi) is 5.81. The summed E-state index contributed by atoms with van der Waals surface area (Å²) in [5.74, 6) is 1.44. The number of hydrogen-bond donors (Lipinski definition) is 0. The fourth-order valence-electron chi connectivity index (χ4n) is 2.95. The van der Waals surface area contributed by atoms with Gasteiger partial charge in [-0.05, 0) is 48.0 Å². The zero-order valence-corrected chi connectivity index (χ0v) is 17.8. The number of nitrogens with zero attached hydrogens (tertiary/aromatic N) is 2. The third kappa shape index (κ3) is 4.13. The number of methoxy groups -OCH3 is 1. The third-order valence-electron chi connectivity index (χ3n) is 4.42. The van der Waals surface area contributed by atoms with Crippen LogP contribution < -0.4 is 10.3 Å². The molecule has 4 nitrogen and oxygen atoms in total. The Labute approximate surface area is 182 Å². The summed E-state index contributed by atoms with van der Waals surface area (Å²) >= 11 is 13.9. The van der Waals surface area contributed by atoms with Crippen LogP contribution in [0.3, 0.4) is 0 Å².